The van der Waals surface area contributed by atoms with E-state index in [1.54, 1.807) is 4.68 Å². The van der Waals surface area contributed by atoms with E-state index in [0.717, 1.165) is 17.0 Å². The van der Waals surface area contributed by atoms with Gasteiger partial charge in [0.15, 0.2) is 11.6 Å². The van der Waals surface area contributed by atoms with Gasteiger partial charge in [0, 0.05) is 24.6 Å². The smallest absolute Gasteiger partial charge is 0.161 e. The molecule has 3 aromatic rings. The van der Waals surface area contributed by atoms with Crippen molar-refractivity contribution in [2.75, 3.05) is 5.32 Å². The molecule has 21 heavy (non-hydrogen) atoms. The summed E-state index contributed by atoms with van der Waals surface area (Å²) < 4.78 is 41.3. The zero-order valence-corrected chi connectivity index (χ0v) is 11.2. The van der Waals surface area contributed by atoms with Crippen LogP contribution in [0.3, 0.4) is 0 Å². The van der Waals surface area contributed by atoms with Crippen molar-refractivity contribution in [3.8, 4) is 0 Å². The van der Waals surface area contributed by atoms with Crippen LogP contribution in [0.15, 0.2) is 36.4 Å². The van der Waals surface area contributed by atoms with Gasteiger partial charge in [-0.2, -0.15) is 5.10 Å². The van der Waals surface area contributed by atoms with Gasteiger partial charge in [-0.1, -0.05) is 18.2 Å². The number of hydrogen-bond donors (Lipinski definition) is 1. The fourth-order valence-corrected chi connectivity index (χ4v) is 2.26. The number of halogens is 3. The van der Waals surface area contributed by atoms with Gasteiger partial charge in [-0.05, 0) is 6.07 Å². The number of para-hydroxylation sites is 1. The second-order valence-corrected chi connectivity index (χ2v) is 4.69. The van der Waals surface area contributed by atoms with Crippen molar-refractivity contribution in [2.24, 2.45) is 7.05 Å². The predicted molar refractivity (Wildman–Crippen MR) is 74.4 cm³/mol. The molecule has 0 amide bonds. The Hall–Kier alpha value is -2.50. The lowest BCUT2D eigenvalue weighted by atomic mass is 10.2. The Morgan fingerprint density at radius 2 is 1.76 bits per heavy atom. The number of nitrogens with one attached hydrogen (secondary N) is 1. The van der Waals surface area contributed by atoms with E-state index in [1.165, 1.54) is 0 Å². The van der Waals surface area contributed by atoms with Crippen LogP contribution in [-0.4, -0.2) is 9.78 Å². The predicted octanol–water partition coefficient (Wildman–Crippen LogP) is 3.60. The Morgan fingerprint density at radius 1 is 1.05 bits per heavy atom. The van der Waals surface area contributed by atoms with Crippen LogP contribution in [0, 0.1) is 17.5 Å². The first-order valence-electron chi connectivity index (χ1n) is 6.35. The van der Waals surface area contributed by atoms with Crippen molar-refractivity contribution in [3.05, 3.63) is 59.5 Å². The highest BCUT2D eigenvalue weighted by Crippen LogP contribution is 2.21. The maximum absolute atomic E-state index is 13.6. The summed E-state index contributed by atoms with van der Waals surface area (Å²) in [4.78, 5) is 0. The van der Waals surface area contributed by atoms with Gasteiger partial charge >= 0.3 is 0 Å². The molecule has 6 heteroatoms. The molecule has 0 spiro atoms. The molecule has 0 fully saturated rings. The van der Waals surface area contributed by atoms with Crippen molar-refractivity contribution in [1.82, 2.24) is 9.78 Å². The highest BCUT2D eigenvalue weighted by atomic mass is 19.2. The van der Waals surface area contributed by atoms with Crippen LogP contribution in [-0.2, 0) is 13.6 Å². The Balaban J connectivity index is 1.89. The topological polar surface area (TPSA) is 29.9 Å². The molecule has 0 aliphatic rings. The molecule has 3 rings (SSSR count). The fourth-order valence-electron chi connectivity index (χ4n) is 2.26. The molecule has 0 unspecified atom stereocenters. The maximum Gasteiger partial charge on any atom is 0.161 e. The van der Waals surface area contributed by atoms with E-state index in [2.05, 4.69) is 10.4 Å². The quantitative estimate of drug-likeness (QED) is 0.747. The molecule has 0 radical (unpaired) electrons. The third-order valence-electron chi connectivity index (χ3n) is 3.29. The van der Waals surface area contributed by atoms with E-state index in [-0.39, 0.29) is 12.2 Å². The summed E-state index contributed by atoms with van der Waals surface area (Å²) >= 11 is 0. The molecule has 1 heterocycles. The summed E-state index contributed by atoms with van der Waals surface area (Å²) in [6, 6.07) is 8.93. The average Bonchev–Trinajstić information content (AvgIpc) is 2.79. The highest BCUT2D eigenvalue weighted by molar-refractivity contribution is 5.82. The number of aromatic nitrogens is 2. The van der Waals surface area contributed by atoms with Gasteiger partial charge < -0.3 is 5.32 Å². The fraction of sp³-hybridized carbons (Fsp3) is 0.133. The maximum atomic E-state index is 13.6. The average molecular weight is 291 g/mol. The van der Waals surface area contributed by atoms with E-state index < -0.39 is 17.5 Å². The third-order valence-corrected chi connectivity index (χ3v) is 3.29. The summed E-state index contributed by atoms with van der Waals surface area (Å²) in [5, 5.41) is 8.01. The van der Waals surface area contributed by atoms with E-state index in [9.17, 15) is 13.2 Å². The van der Waals surface area contributed by atoms with E-state index >= 15 is 0 Å². The summed E-state index contributed by atoms with van der Waals surface area (Å²) in [5.41, 5.74) is 1.56. The lowest BCUT2D eigenvalue weighted by Gasteiger charge is -2.07. The number of aryl methyl sites for hydroxylation is 1. The van der Waals surface area contributed by atoms with Gasteiger partial charge in [0.2, 0.25) is 0 Å². The normalized spacial score (nSPS) is 11.0. The molecule has 1 aromatic heterocycles. The molecule has 0 saturated carbocycles. The van der Waals surface area contributed by atoms with Crippen LogP contribution in [0.2, 0.25) is 0 Å². The minimum absolute atomic E-state index is 0.0939. The zero-order valence-electron chi connectivity index (χ0n) is 11.2. The largest absolute Gasteiger partial charge is 0.377 e. The highest BCUT2D eigenvalue weighted by Gasteiger charge is 2.12. The van der Waals surface area contributed by atoms with Gasteiger partial charge in [0.05, 0.1) is 23.4 Å². The second kappa shape index (κ2) is 5.12. The molecule has 0 aliphatic heterocycles. The van der Waals surface area contributed by atoms with Crippen LogP contribution >= 0.6 is 0 Å². The first kappa shape index (κ1) is 13.5. The number of benzene rings is 2. The lowest BCUT2D eigenvalue weighted by molar-refractivity contribution is 0.496. The molecular formula is C15H12F3N3. The van der Waals surface area contributed by atoms with Crippen molar-refractivity contribution in [2.45, 2.75) is 6.54 Å². The molecular weight excluding hydrogens is 279 g/mol. The first-order chi connectivity index (χ1) is 10.1. The number of hydrogen-bond acceptors (Lipinski definition) is 2. The van der Waals surface area contributed by atoms with Crippen molar-refractivity contribution < 1.29 is 13.2 Å². The molecule has 3 nitrogen and oxygen atoms in total. The van der Waals surface area contributed by atoms with Gasteiger partial charge in [-0.25, -0.2) is 13.2 Å². The molecule has 1 N–H and O–H groups in total. The Bertz CT molecular complexity index is 811. The van der Waals surface area contributed by atoms with Crippen LogP contribution in [0.4, 0.5) is 18.9 Å². The lowest BCUT2D eigenvalue weighted by Crippen LogP contribution is -2.04. The molecule has 0 aliphatic carbocycles. The van der Waals surface area contributed by atoms with Crippen LogP contribution in [0.1, 0.15) is 5.69 Å². The first-order valence-corrected chi connectivity index (χ1v) is 6.35. The van der Waals surface area contributed by atoms with Crippen LogP contribution < -0.4 is 5.32 Å². The zero-order chi connectivity index (χ0) is 15.0. The van der Waals surface area contributed by atoms with E-state index in [4.69, 9.17) is 0 Å². The van der Waals surface area contributed by atoms with Gasteiger partial charge in [0.25, 0.3) is 0 Å². The number of nitrogens with zero attached hydrogens (tertiary/aromatic N) is 2. The molecule has 108 valence electrons. The summed E-state index contributed by atoms with van der Waals surface area (Å²) in [5.74, 6) is -3.14. The minimum Gasteiger partial charge on any atom is -0.377 e. The van der Waals surface area contributed by atoms with Gasteiger partial charge in [-0.15, -0.1) is 0 Å². The molecule has 0 saturated heterocycles. The van der Waals surface area contributed by atoms with E-state index in [1.807, 2.05) is 31.3 Å². The summed E-state index contributed by atoms with van der Waals surface area (Å²) in [7, 11) is 1.81. The third kappa shape index (κ3) is 2.44. The molecule has 2 aromatic carbocycles. The Labute approximate surface area is 119 Å². The summed E-state index contributed by atoms with van der Waals surface area (Å²) in [6.07, 6.45) is 0. The van der Waals surface area contributed by atoms with Crippen molar-refractivity contribution in [1.29, 1.82) is 0 Å². The number of anilines is 1. The van der Waals surface area contributed by atoms with Crippen LogP contribution in [0.5, 0.6) is 0 Å². The van der Waals surface area contributed by atoms with Gasteiger partial charge in [-0.3, -0.25) is 4.68 Å². The molecule has 0 bridgehead atoms. The monoisotopic (exact) mass is 291 g/mol. The Kier molecular flexibility index (Phi) is 3.29. The van der Waals surface area contributed by atoms with Gasteiger partial charge in [0.1, 0.15) is 5.82 Å². The Morgan fingerprint density at radius 3 is 2.57 bits per heavy atom. The molecule has 0 atom stereocenters. The number of fused-ring (bicyclic) bond motifs is 1. The standard InChI is InChI=1S/C15H12F3N3/c1-21-15-5-3-2-4-9(15)14(20-21)8-19-13-7-11(17)10(16)6-12(13)18/h2-7,19H,8H2,1H3. The van der Waals surface area contributed by atoms with Crippen molar-refractivity contribution in [3.63, 3.8) is 0 Å². The second-order valence-electron chi connectivity index (χ2n) is 4.69. The van der Waals surface area contributed by atoms with E-state index in [0.29, 0.717) is 11.8 Å². The minimum atomic E-state index is -1.21. The number of rotatable bonds is 3. The summed E-state index contributed by atoms with van der Waals surface area (Å²) in [6.45, 7) is 0.212. The SMILES string of the molecule is Cn1nc(CNc2cc(F)c(F)cc2F)c2ccccc21. The van der Waals surface area contributed by atoms with Crippen LogP contribution in [0.25, 0.3) is 10.9 Å². The van der Waals surface area contributed by atoms with Crippen molar-refractivity contribution >= 4 is 16.6 Å².